The first-order valence-corrected chi connectivity index (χ1v) is 7.85. The molecule has 1 unspecified atom stereocenters. The van der Waals surface area contributed by atoms with E-state index in [4.69, 9.17) is 5.73 Å². The van der Waals surface area contributed by atoms with Crippen molar-refractivity contribution >= 4 is 47.8 Å². The van der Waals surface area contributed by atoms with Crippen LogP contribution in [-0.2, 0) is 6.42 Å². The Morgan fingerprint density at radius 3 is 2.53 bits per heavy atom. The standard InChI is InChI=1S/C13H10Br3FN2/c14-8-2-1-7(11(17)5-8)3-12(18)13-10(16)4-9(15)6-19-13/h1-2,4-6,12H,3,18H2. The van der Waals surface area contributed by atoms with Crippen LogP contribution in [0.15, 0.2) is 43.9 Å². The molecule has 0 spiro atoms. The number of pyridine rings is 1. The van der Waals surface area contributed by atoms with Crippen LogP contribution in [0.25, 0.3) is 0 Å². The number of rotatable bonds is 3. The summed E-state index contributed by atoms with van der Waals surface area (Å²) in [5.74, 6) is -0.266. The SMILES string of the molecule is NC(Cc1ccc(Br)cc1F)c1ncc(Br)cc1Br. The Kier molecular flexibility index (Phi) is 5.11. The van der Waals surface area contributed by atoms with Gasteiger partial charge in [0.2, 0.25) is 0 Å². The van der Waals surface area contributed by atoms with Crippen molar-refractivity contribution in [2.45, 2.75) is 12.5 Å². The third kappa shape index (κ3) is 3.84. The zero-order chi connectivity index (χ0) is 14.0. The average molecular weight is 453 g/mol. The number of nitrogens with two attached hydrogens (primary N) is 1. The number of halogens is 4. The molecule has 1 atom stereocenters. The molecule has 1 aromatic heterocycles. The van der Waals surface area contributed by atoms with E-state index in [-0.39, 0.29) is 11.9 Å². The van der Waals surface area contributed by atoms with Crippen molar-refractivity contribution in [2.75, 3.05) is 0 Å². The topological polar surface area (TPSA) is 38.9 Å². The molecule has 0 saturated heterocycles. The van der Waals surface area contributed by atoms with E-state index in [0.29, 0.717) is 22.2 Å². The van der Waals surface area contributed by atoms with Gasteiger partial charge in [-0.3, -0.25) is 4.98 Å². The molecule has 1 heterocycles. The molecule has 19 heavy (non-hydrogen) atoms. The third-order valence-electron chi connectivity index (χ3n) is 2.64. The van der Waals surface area contributed by atoms with Crippen molar-refractivity contribution < 1.29 is 4.39 Å². The van der Waals surface area contributed by atoms with E-state index in [2.05, 4.69) is 52.8 Å². The Morgan fingerprint density at radius 2 is 1.89 bits per heavy atom. The Bertz CT molecular complexity index is 604. The quantitative estimate of drug-likeness (QED) is 0.729. The van der Waals surface area contributed by atoms with Gasteiger partial charge in [0.25, 0.3) is 0 Å². The van der Waals surface area contributed by atoms with Gasteiger partial charge in [0.1, 0.15) is 5.82 Å². The summed E-state index contributed by atoms with van der Waals surface area (Å²) in [5, 5.41) is 0. The second kappa shape index (κ2) is 6.43. The van der Waals surface area contributed by atoms with Crippen LogP contribution in [0.1, 0.15) is 17.3 Å². The van der Waals surface area contributed by atoms with E-state index < -0.39 is 0 Å². The Hall–Kier alpha value is -0.300. The molecule has 0 fully saturated rings. The summed E-state index contributed by atoms with van der Waals surface area (Å²) in [6.07, 6.45) is 2.07. The highest BCUT2D eigenvalue weighted by Gasteiger charge is 2.15. The molecule has 2 N–H and O–H groups in total. The maximum atomic E-state index is 13.8. The van der Waals surface area contributed by atoms with Crippen molar-refractivity contribution in [1.29, 1.82) is 0 Å². The summed E-state index contributed by atoms with van der Waals surface area (Å²) in [4.78, 5) is 4.27. The predicted molar refractivity (Wildman–Crippen MR) is 84.4 cm³/mol. The van der Waals surface area contributed by atoms with E-state index in [0.717, 1.165) is 8.95 Å². The van der Waals surface area contributed by atoms with E-state index in [1.807, 2.05) is 6.07 Å². The van der Waals surface area contributed by atoms with Gasteiger partial charge in [-0.2, -0.15) is 0 Å². The number of benzene rings is 1. The lowest BCUT2D eigenvalue weighted by Gasteiger charge is -2.13. The van der Waals surface area contributed by atoms with Crippen LogP contribution in [0.2, 0.25) is 0 Å². The van der Waals surface area contributed by atoms with Gasteiger partial charge in [-0.25, -0.2) is 4.39 Å². The van der Waals surface area contributed by atoms with Crippen molar-refractivity contribution in [1.82, 2.24) is 4.98 Å². The van der Waals surface area contributed by atoms with Crippen molar-refractivity contribution in [2.24, 2.45) is 5.73 Å². The highest BCUT2D eigenvalue weighted by molar-refractivity contribution is 9.11. The fraction of sp³-hybridized carbons (Fsp3) is 0.154. The van der Waals surface area contributed by atoms with Gasteiger partial charge in [0, 0.05) is 19.6 Å². The van der Waals surface area contributed by atoms with E-state index in [1.165, 1.54) is 6.07 Å². The normalized spacial score (nSPS) is 12.5. The summed E-state index contributed by atoms with van der Waals surface area (Å²) in [5.41, 5.74) is 7.39. The number of nitrogens with zero attached hydrogens (tertiary/aromatic N) is 1. The molecule has 100 valence electrons. The molecule has 2 rings (SSSR count). The van der Waals surface area contributed by atoms with Crippen molar-refractivity contribution in [3.8, 4) is 0 Å². The predicted octanol–water partition coefficient (Wildman–Crippen LogP) is 4.75. The number of aromatic nitrogens is 1. The first-order valence-electron chi connectivity index (χ1n) is 5.48. The molecular formula is C13H10Br3FN2. The lowest BCUT2D eigenvalue weighted by Crippen LogP contribution is -2.16. The molecule has 0 bridgehead atoms. The molecule has 2 aromatic rings. The molecular weight excluding hydrogens is 443 g/mol. The van der Waals surface area contributed by atoms with Crippen molar-refractivity contribution in [3.05, 3.63) is 61.0 Å². The van der Waals surface area contributed by atoms with Gasteiger partial charge in [-0.1, -0.05) is 22.0 Å². The Balaban J connectivity index is 2.23. The molecule has 1 aromatic carbocycles. The van der Waals surface area contributed by atoms with Gasteiger partial charge in [0.05, 0.1) is 11.7 Å². The maximum absolute atomic E-state index is 13.8. The van der Waals surface area contributed by atoms with Gasteiger partial charge in [-0.05, 0) is 62.0 Å². The zero-order valence-corrected chi connectivity index (χ0v) is 14.5. The van der Waals surface area contributed by atoms with Crippen LogP contribution in [0.4, 0.5) is 4.39 Å². The maximum Gasteiger partial charge on any atom is 0.127 e. The minimum absolute atomic E-state index is 0.266. The molecule has 0 radical (unpaired) electrons. The summed E-state index contributed by atoms with van der Waals surface area (Å²) >= 11 is 9.98. The lowest BCUT2D eigenvalue weighted by molar-refractivity contribution is 0.588. The summed E-state index contributed by atoms with van der Waals surface area (Å²) in [6.45, 7) is 0. The summed E-state index contributed by atoms with van der Waals surface area (Å²) in [7, 11) is 0. The van der Waals surface area contributed by atoms with Crippen LogP contribution < -0.4 is 5.73 Å². The van der Waals surface area contributed by atoms with Gasteiger partial charge >= 0.3 is 0 Å². The number of hydrogen-bond acceptors (Lipinski definition) is 2. The highest BCUT2D eigenvalue weighted by Crippen LogP contribution is 2.26. The van der Waals surface area contributed by atoms with Gasteiger partial charge in [0.15, 0.2) is 0 Å². The minimum Gasteiger partial charge on any atom is -0.322 e. The Labute approximate surface area is 136 Å². The van der Waals surface area contributed by atoms with Crippen LogP contribution >= 0.6 is 47.8 Å². The largest absolute Gasteiger partial charge is 0.322 e. The molecule has 2 nitrogen and oxygen atoms in total. The Morgan fingerprint density at radius 1 is 1.16 bits per heavy atom. The second-order valence-electron chi connectivity index (χ2n) is 4.07. The molecule has 0 aliphatic heterocycles. The first-order chi connectivity index (χ1) is 8.97. The minimum atomic E-state index is -0.363. The summed E-state index contributed by atoms with van der Waals surface area (Å²) in [6, 6.07) is 6.48. The van der Waals surface area contributed by atoms with Gasteiger partial charge < -0.3 is 5.73 Å². The molecule has 0 aliphatic rings. The summed E-state index contributed by atoms with van der Waals surface area (Å²) < 4.78 is 16.2. The zero-order valence-electron chi connectivity index (χ0n) is 9.71. The smallest absolute Gasteiger partial charge is 0.127 e. The van der Waals surface area contributed by atoms with Crippen LogP contribution in [0, 0.1) is 5.82 Å². The molecule has 0 aliphatic carbocycles. The third-order valence-corrected chi connectivity index (χ3v) is 4.20. The second-order valence-corrected chi connectivity index (χ2v) is 6.75. The molecule has 6 heteroatoms. The van der Waals surface area contributed by atoms with Crippen molar-refractivity contribution in [3.63, 3.8) is 0 Å². The lowest BCUT2D eigenvalue weighted by atomic mass is 10.0. The highest BCUT2D eigenvalue weighted by atomic mass is 79.9. The van der Waals surface area contributed by atoms with Crippen LogP contribution in [0.3, 0.4) is 0 Å². The average Bonchev–Trinajstić information content (AvgIpc) is 2.32. The van der Waals surface area contributed by atoms with Crippen LogP contribution in [-0.4, -0.2) is 4.98 Å². The fourth-order valence-corrected chi connectivity index (χ4v) is 3.33. The van der Waals surface area contributed by atoms with E-state index in [1.54, 1.807) is 18.3 Å². The van der Waals surface area contributed by atoms with E-state index in [9.17, 15) is 4.39 Å². The molecule has 0 saturated carbocycles. The fourth-order valence-electron chi connectivity index (χ4n) is 1.72. The first kappa shape index (κ1) is 15.1. The van der Waals surface area contributed by atoms with Crippen LogP contribution in [0.5, 0.6) is 0 Å². The van der Waals surface area contributed by atoms with Gasteiger partial charge in [-0.15, -0.1) is 0 Å². The molecule has 0 amide bonds. The van der Waals surface area contributed by atoms with E-state index >= 15 is 0 Å². The number of hydrogen-bond donors (Lipinski definition) is 1. The monoisotopic (exact) mass is 450 g/mol.